The quantitative estimate of drug-likeness (QED) is 0.338. The van der Waals surface area contributed by atoms with Gasteiger partial charge in [0.1, 0.15) is 5.52 Å². The molecule has 2 aromatic carbocycles. The monoisotopic (exact) mass is 515 g/mol. The summed E-state index contributed by atoms with van der Waals surface area (Å²) in [5.74, 6) is -3.78. The van der Waals surface area contributed by atoms with Gasteiger partial charge in [0, 0.05) is 31.8 Å². The number of aromatic nitrogens is 3. The van der Waals surface area contributed by atoms with Crippen molar-refractivity contribution >= 4 is 34.8 Å². The molecule has 9 nitrogen and oxygen atoms in total. The Labute approximate surface area is 205 Å². The van der Waals surface area contributed by atoms with Crippen molar-refractivity contribution in [3.8, 4) is 17.2 Å². The van der Waals surface area contributed by atoms with Gasteiger partial charge in [0.15, 0.2) is 34.7 Å². The lowest BCUT2D eigenvalue weighted by atomic mass is 10.2. The van der Waals surface area contributed by atoms with Gasteiger partial charge in [0.25, 0.3) is 0 Å². The number of methoxy groups -OCH3 is 2. The van der Waals surface area contributed by atoms with Gasteiger partial charge >= 0.3 is 0 Å². The van der Waals surface area contributed by atoms with Gasteiger partial charge in [0.05, 0.1) is 45.1 Å². The van der Waals surface area contributed by atoms with Gasteiger partial charge in [0.2, 0.25) is 5.82 Å². The van der Waals surface area contributed by atoms with E-state index >= 15 is 0 Å². The minimum atomic E-state index is -1.46. The number of anilines is 2. The molecule has 0 saturated carbocycles. The van der Waals surface area contributed by atoms with Gasteiger partial charge in [-0.15, -0.1) is 22.6 Å². The zero-order valence-electron chi connectivity index (χ0n) is 19.1. The summed E-state index contributed by atoms with van der Waals surface area (Å²) in [5, 5.41) is 14.5. The second kappa shape index (κ2) is 12.0. The fourth-order valence-electron chi connectivity index (χ4n) is 3.63. The summed E-state index contributed by atoms with van der Waals surface area (Å²) in [4.78, 5) is 2.31. The van der Waals surface area contributed by atoms with Crippen LogP contribution in [0.25, 0.3) is 10.9 Å². The highest BCUT2D eigenvalue weighted by Crippen LogP contribution is 2.36. The second-order valence-corrected chi connectivity index (χ2v) is 7.51. The van der Waals surface area contributed by atoms with E-state index in [4.69, 9.17) is 14.2 Å². The van der Waals surface area contributed by atoms with E-state index in [0.717, 1.165) is 52.4 Å². The smallest absolute Gasteiger partial charge is 0.205 e. The highest BCUT2D eigenvalue weighted by Gasteiger charge is 2.21. The molecule has 1 saturated heterocycles. The minimum Gasteiger partial charge on any atom is -0.493 e. The van der Waals surface area contributed by atoms with Gasteiger partial charge in [-0.05, 0) is 17.7 Å². The van der Waals surface area contributed by atoms with Crippen molar-refractivity contribution in [3.05, 3.63) is 35.7 Å². The molecular weight excluding hydrogens is 491 g/mol. The highest BCUT2D eigenvalue weighted by atomic mass is 35.5. The lowest BCUT2D eigenvalue weighted by Gasteiger charge is -2.26. The van der Waals surface area contributed by atoms with Crippen LogP contribution in [0, 0.1) is 17.5 Å². The Balaban J connectivity index is 0.00000342. The fourth-order valence-corrected chi connectivity index (χ4v) is 3.63. The van der Waals surface area contributed by atoms with E-state index in [1.807, 2.05) is 0 Å². The molecular formula is C22H25ClF3N5O4. The highest BCUT2D eigenvalue weighted by molar-refractivity contribution is 5.92. The standard InChI is InChI=1S/C22H24F3N5O4.ClH/c1-31-17-10-13-15(12-18(17)34-7-3-4-30-5-8-33-9-6-30)27-29-28-22(13)26-16-11-14(23)21(32-2)20(25)19(16)24;/h10-12H,3-9H2,1-2H3,(H,26,27,28);1H. The lowest BCUT2D eigenvalue weighted by Crippen LogP contribution is -2.37. The molecule has 2 heterocycles. The van der Waals surface area contributed by atoms with E-state index in [-0.39, 0.29) is 18.2 Å². The Bertz CT molecular complexity index is 1170. The van der Waals surface area contributed by atoms with Crippen LogP contribution in [0.15, 0.2) is 18.2 Å². The third-order valence-corrected chi connectivity index (χ3v) is 5.39. The largest absolute Gasteiger partial charge is 0.493 e. The third kappa shape index (κ3) is 5.95. The number of ether oxygens (including phenoxy) is 4. The van der Waals surface area contributed by atoms with E-state index in [1.54, 1.807) is 12.1 Å². The molecule has 0 spiro atoms. The van der Waals surface area contributed by atoms with Crippen LogP contribution in [0.2, 0.25) is 0 Å². The van der Waals surface area contributed by atoms with Crippen LogP contribution in [0.5, 0.6) is 17.2 Å². The number of morpholine rings is 1. The van der Waals surface area contributed by atoms with E-state index in [0.29, 0.717) is 29.0 Å². The molecule has 0 amide bonds. The number of nitrogens with one attached hydrogen (secondary N) is 1. The first-order chi connectivity index (χ1) is 16.5. The maximum Gasteiger partial charge on any atom is 0.205 e. The zero-order chi connectivity index (χ0) is 24.1. The van der Waals surface area contributed by atoms with Gasteiger partial charge in [-0.2, -0.15) is 4.39 Å². The topological polar surface area (TPSA) is 90.9 Å². The molecule has 0 unspecified atom stereocenters. The van der Waals surface area contributed by atoms with Crippen molar-refractivity contribution in [2.45, 2.75) is 6.42 Å². The molecule has 1 aromatic heterocycles. The number of hydrogen-bond donors (Lipinski definition) is 1. The van der Waals surface area contributed by atoms with E-state index < -0.39 is 28.9 Å². The molecule has 1 fully saturated rings. The Hall–Kier alpha value is -3.09. The number of fused-ring (bicyclic) bond motifs is 1. The molecule has 3 aromatic rings. The van der Waals surface area contributed by atoms with Gasteiger partial charge < -0.3 is 24.3 Å². The van der Waals surface area contributed by atoms with Crippen molar-refractivity contribution in [2.24, 2.45) is 0 Å². The minimum absolute atomic E-state index is 0. The molecule has 0 atom stereocenters. The van der Waals surface area contributed by atoms with Gasteiger partial charge in [-0.3, -0.25) is 4.90 Å². The van der Waals surface area contributed by atoms with Crippen LogP contribution in [-0.4, -0.2) is 74.0 Å². The maximum absolute atomic E-state index is 14.4. The van der Waals surface area contributed by atoms with Crippen LogP contribution < -0.4 is 19.5 Å². The predicted octanol–water partition coefficient (Wildman–Crippen LogP) is 3.73. The number of benzene rings is 2. The number of nitrogens with zero attached hydrogens (tertiary/aromatic N) is 4. The molecule has 13 heteroatoms. The van der Waals surface area contributed by atoms with Crippen LogP contribution in [0.3, 0.4) is 0 Å². The summed E-state index contributed by atoms with van der Waals surface area (Å²) >= 11 is 0. The Morgan fingerprint density at radius 3 is 2.49 bits per heavy atom. The summed E-state index contributed by atoms with van der Waals surface area (Å²) in [6, 6.07) is 3.98. The summed E-state index contributed by atoms with van der Waals surface area (Å²) in [6.07, 6.45) is 0.809. The van der Waals surface area contributed by atoms with Gasteiger partial charge in [-0.1, -0.05) is 0 Å². The maximum atomic E-state index is 14.4. The van der Waals surface area contributed by atoms with E-state index in [1.165, 1.54) is 7.11 Å². The summed E-state index contributed by atoms with van der Waals surface area (Å²) < 4.78 is 63.8. The summed E-state index contributed by atoms with van der Waals surface area (Å²) in [5.41, 5.74) is -0.101. The lowest BCUT2D eigenvalue weighted by molar-refractivity contribution is 0.0357. The Morgan fingerprint density at radius 1 is 1.00 bits per heavy atom. The van der Waals surface area contributed by atoms with Crippen LogP contribution in [0.1, 0.15) is 6.42 Å². The summed E-state index contributed by atoms with van der Waals surface area (Å²) in [7, 11) is 2.52. The molecule has 0 aliphatic carbocycles. The first kappa shape index (κ1) is 26.5. The average molecular weight is 516 g/mol. The average Bonchev–Trinajstić information content (AvgIpc) is 2.85. The van der Waals surface area contributed by atoms with Crippen molar-refractivity contribution in [3.63, 3.8) is 0 Å². The molecule has 190 valence electrons. The zero-order valence-corrected chi connectivity index (χ0v) is 20.0. The van der Waals surface area contributed by atoms with Crippen molar-refractivity contribution in [1.82, 2.24) is 20.3 Å². The number of hydrogen-bond acceptors (Lipinski definition) is 9. The summed E-state index contributed by atoms with van der Waals surface area (Å²) in [6.45, 7) is 4.63. The molecule has 0 radical (unpaired) electrons. The van der Waals surface area contributed by atoms with Gasteiger partial charge in [-0.25, -0.2) is 8.78 Å². The van der Waals surface area contributed by atoms with Crippen molar-refractivity contribution in [1.29, 1.82) is 0 Å². The number of rotatable bonds is 9. The fraction of sp³-hybridized carbons (Fsp3) is 0.409. The first-order valence-corrected chi connectivity index (χ1v) is 10.6. The number of halogens is 4. The van der Waals surface area contributed by atoms with Crippen LogP contribution in [-0.2, 0) is 4.74 Å². The Morgan fingerprint density at radius 2 is 1.77 bits per heavy atom. The molecule has 1 aliphatic heterocycles. The van der Waals surface area contributed by atoms with Crippen molar-refractivity contribution < 1.29 is 32.1 Å². The first-order valence-electron chi connectivity index (χ1n) is 10.6. The van der Waals surface area contributed by atoms with E-state index in [2.05, 4.69) is 30.4 Å². The molecule has 35 heavy (non-hydrogen) atoms. The normalized spacial score (nSPS) is 13.9. The predicted molar refractivity (Wildman–Crippen MR) is 125 cm³/mol. The van der Waals surface area contributed by atoms with Crippen molar-refractivity contribution in [2.75, 3.05) is 59.0 Å². The second-order valence-electron chi connectivity index (χ2n) is 7.51. The molecule has 1 aliphatic rings. The molecule has 4 rings (SSSR count). The molecule has 0 bridgehead atoms. The van der Waals surface area contributed by atoms with E-state index in [9.17, 15) is 13.2 Å². The SMILES string of the molecule is COc1cc2c(Nc3cc(F)c(OC)c(F)c3F)nnnc2cc1OCCCN1CCOCC1.Cl. The Kier molecular flexibility index (Phi) is 9.13. The third-order valence-electron chi connectivity index (χ3n) is 5.39. The van der Waals surface area contributed by atoms with Crippen LogP contribution >= 0.6 is 12.4 Å². The molecule has 1 N–H and O–H groups in total. The van der Waals surface area contributed by atoms with Crippen LogP contribution in [0.4, 0.5) is 24.7 Å².